The third kappa shape index (κ3) is 6.53. The molecule has 0 aliphatic carbocycles. The van der Waals surface area contributed by atoms with Crippen molar-refractivity contribution in [3.8, 4) is 0 Å². The molecule has 78 valence electrons. The van der Waals surface area contributed by atoms with Gasteiger partial charge in [0.15, 0.2) is 9.84 Å². The molecule has 0 aromatic rings. The second-order valence-corrected chi connectivity index (χ2v) is 5.04. The van der Waals surface area contributed by atoms with Crippen LogP contribution in [0.2, 0.25) is 0 Å². The van der Waals surface area contributed by atoms with Crippen molar-refractivity contribution < 1.29 is 23.1 Å². The summed E-state index contributed by atoms with van der Waals surface area (Å²) in [7, 11) is -3.50. The van der Waals surface area contributed by atoms with E-state index in [1.165, 1.54) is 0 Å². The van der Waals surface area contributed by atoms with Gasteiger partial charge in [0.1, 0.15) is 5.75 Å². The van der Waals surface area contributed by atoms with E-state index in [2.05, 4.69) is 4.74 Å². The number of ether oxygens (including phenoxy) is 1. The van der Waals surface area contributed by atoms with Crippen LogP contribution in [-0.4, -0.2) is 43.7 Å². The molecule has 13 heavy (non-hydrogen) atoms. The standard InChI is InChI=1S/C7H14O5S/c1-6(2)12-7(9)5-13(10,11)4-3-8/h6,8H,3-5H2,1-2H3. The maximum Gasteiger partial charge on any atom is 0.321 e. The number of hydrogen-bond donors (Lipinski definition) is 1. The molecule has 0 aliphatic heterocycles. The summed E-state index contributed by atoms with van der Waals surface area (Å²) in [6.45, 7) is 2.80. The fourth-order valence-corrected chi connectivity index (χ4v) is 1.54. The van der Waals surface area contributed by atoms with Crippen LogP contribution in [0.5, 0.6) is 0 Å². The Morgan fingerprint density at radius 1 is 1.46 bits per heavy atom. The monoisotopic (exact) mass is 210 g/mol. The van der Waals surface area contributed by atoms with Crippen molar-refractivity contribution in [1.82, 2.24) is 0 Å². The normalized spacial score (nSPS) is 11.7. The van der Waals surface area contributed by atoms with Crippen LogP contribution in [0.25, 0.3) is 0 Å². The van der Waals surface area contributed by atoms with Crippen LogP contribution in [0.3, 0.4) is 0 Å². The van der Waals surface area contributed by atoms with E-state index in [9.17, 15) is 13.2 Å². The van der Waals surface area contributed by atoms with Crippen molar-refractivity contribution in [1.29, 1.82) is 0 Å². The van der Waals surface area contributed by atoms with E-state index >= 15 is 0 Å². The number of rotatable bonds is 5. The van der Waals surface area contributed by atoms with Gasteiger partial charge in [-0.2, -0.15) is 0 Å². The minimum absolute atomic E-state index is 0.322. The number of esters is 1. The predicted molar refractivity (Wildman–Crippen MR) is 47.0 cm³/mol. The summed E-state index contributed by atoms with van der Waals surface area (Å²) < 4.78 is 26.6. The van der Waals surface area contributed by atoms with Gasteiger partial charge in [-0.05, 0) is 13.8 Å². The van der Waals surface area contributed by atoms with E-state index in [0.29, 0.717) is 0 Å². The van der Waals surface area contributed by atoms with E-state index < -0.39 is 33.9 Å². The first-order chi connectivity index (χ1) is 5.87. The number of sulfone groups is 1. The van der Waals surface area contributed by atoms with E-state index in [1.54, 1.807) is 13.8 Å². The highest BCUT2D eigenvalue weighted by Gasteiger charge is 2.17. The lowest BCUT2D eigenvalue weighted by Crippen LogP contribution is -2.24. The molecule has 0 aromatic heterocycles. The Hall–Kier alpha value is -0.620. The van der Waals surface area contributed by atoms with Gasteiger partial charge in [-0.25, -0.2) is 8.42 Å². The highest BCUT2D eigenvalue weighted by molar-refractivity contribution is 7.92. The molecule has 0 atom stereocenters. The van der Waals surface area contributed by atoms with Gasteiger partial charge in [0.05, 0.1) is 18.5 Å². The molecular weight excluding hydrogens is 196 g/mol. The van der Waals surface area contributed by atoms with Gasteiger partial charge in [0.25, 0.3) is 0 Å². The summed E-state index contributed by atoms with van der Waals surface area (Å²) in [5.74, 6) is -1.84. The van der Waals surface area contributed by atoms with Gasteiger partial charge < -0.3 is 9.84 Å². The number of hydrogen-bond acceptors (Lipinski definition) is 5. The predicted octanol–water partition coefficient (Wildman–Crippen LogP) is -0.655. The van der Waals surface area contributed by atoms with Crippen molar-refractivity contribution >= 4 is 15.8 Å². The molecule has 5 nitrogen and oxygen atoms in total. The number of carbonyl (C=O) groups excluding carboxylic acids is 1. The van der Waals surface area contributed by atoms with Crippen LogP contribution in [-0.2, 0) is 19.4 Å². The Balaban J connectivity index is 4.05. The van der Waals surface area contributed by atoms with Crippen molar-refractivity contribution in [3.63, 3.8) is 0 Å². The molecule has 0 fully saturated rings. The molecule has 0 spiro atoms. The second kappa shape index (κ2) is 5.18. The quantitative estimate of drug-likeness (QED) is 0.609. The number of aliphatic hydroxyl groups is 1. The first-order valence-electron chi connectivity index (χ1n) is 3.88. The molecule has 0 saturated heterocycles. The number of carbonyl (C=O) groups is 1. The van der Waals surface area contributed by atoms with E-state index in [-0.39, 0.29) is 6.10 Å². The zero-order chi connectivity index (χ0) is 10.5. The molecule has 0 aromatic carbocycles. The average Bonchev–Trinajstić information content (AvgIpc) is 1.81. The highest BCUT2D eigenvalue weighted by Crippen LogP contribution is 1.95. The van der Waals surface area contributed by atoms with E-state index in [1.807, 2.05) is 0 Å². The molecule has 0 heterocycles. The molecule has 1 N–H and O–H groups in total. The lowest BCUT2D eigenvalue weighted by Gasteiger charge is -2.07. The first-order valence-corrected chi connectivity index (χ1v) is 5.70. The Morgan fingerprint density at radius 3 is 2.38 bits per heavy atom. The van der Waals surface area contributed by atoms with Crippen LogP contribution < -0.4 is 0 Å². The van der Waals surface area contributed by atoms with Crippen LogP contribution in [0.15, 0.2) is 0 Å². The van der Waals surface area contributed by atoms with Gasteiger partial charge in [-0.15, -0.1) is 0 Å². The molecule has 0 unspecified atom stereocenters. The molecule has 0 radical (unpaired) electrons. The third-order valence-corrected chi connectivity index (χ3v) is 2.59. The zero-order valence-corrected chi connectivity index (χ0v) is 8.50. The number of aliphatic hydroxyl groups excluding tert-OH is 1. The Morgan fingerprint density at radius 2 is 2.00 bits per heavy atom. The summed E-state index contributed by atoms with van der Waals surface area (Å²) >= 11 is 0. The van der Waals surface area contributed by atoms with Crippen molar-refractivity contribution in [2.24, 2.45) is 0 Å². The van der Waals surface area contributed by atoms with E-state index in [0.717, 1.165) is 0 Å². The Labute approximate surface area is 77.6 Å². The maximum absolute atomic E-state index is 11.0. The van der Waals surface area contributed by atoms with Gasteiger partial charge in [-0.1, -0.05) is 0 Å². The molecule has 0 amide bonds. The van der Waals surface area contributed by atoms with Gasteiger partial charge in [-0.3, -0.25) is 4.79 Å². The molecule has 0 saturated carbocycles. The average molecular weight is 210 g/mol. The molecular formula is C7H14O5S. The summed E-state index contributed by atoms with van der Waals surface area (Å²) in [5, 5.41) is 8.37. The summed E-state index contributed by atoms with van der Waals surface area (Å²) in [5.41, 5.74) is 0. The first kappa shape index (κ1) is 12.4. The smallest absolute Gasteiger partial charge is 0.321 e. The summed E-state index contributed by atoms with van der Waals surface area (Å²) in [6, 6.07) is 0. The van der Waals surface area contributed by atoms with Gasteiger partial charge in [0, 0.05) is 0 Å². The van der Waals surface area contributed by atoms with Crippen LogP contribution >= 0.6 is 0 Å². The molecule has 0 aliphatic rings. The van der Waals surface area contributed by atoms with Crippen molar-refractivity contribution in [2.75, 3.05) is 18.1 Å². The van der Waals surface area contributed by atoms with Crippen LogP contribution in [0.1, 0.15) is 13.8 Å². The fraction of sp³-hybridized carbons (Fsp3) is 0.857. The fourth-order valence-electron chi connectivity index (χ4n) is 0.688. The van der Waals surface area contributed by atoms with E-state index in [4.69, 9.17) is 5.11 Å². The van der Waals surface area contributed by atoms with Gasteiger partial charge in [0.2, 0.25) is 0 Å². The molecule has 6 heteroatoms. The van der Waals surface area contributed by atoms with Gasteiger partial charge >= 0.3 is 5.97 Å². The highest BCUT2D eigenvalue weighted by atomic mass is 32.2. The lowest BCUT2D eigenvalue weighted by molar-refractivity contribution is -0.144. The van der Waals surface area contributed by atoms with Crippen molar-refractivity contribution in [2.45, 2.75) is 20.0 Å². The van der Waals surface area contributed by atoms with Crippen LogP contribution in [0, 0.1) is 0 Å². The minimum Gasteiger partial charge on any atom is -0.462 e. The summed E-state index contributed by atoms with van der Waals surface area (Å²) in [4.78, 5) is 10.9. The minimum atomic E-state index is -3.50. The summed E-state index contributed by atoms with van der Waals surface area (Å²) in [6.07, 6.45) is -0.322. The SMILES string of the molecule is CC(C)OC(=O)CS(=O)(=O)CCO. The second-order valence-electron chi connectivity index (χ2n) is 2.85. The molecule has 0 rings (SSSR count). The Bertz CT molecular complexity index is 254. The molecule has 0 bridgehead atoms. The van der Waals surface area contributed by atoms with Crippen LogP contribution in [0.4, 0.5) is 0 Å². The largest absolute Gasteiger partial charge is 0.462 e. The topological polar surface area (TPSA) is 80.7 Å². The lowest BCUT2D eigenvalue weighted by atomic mass is 10.5. The maximum atomic E-state index is 11.0. The van der Waals surface area contributed by atoms with Crippen molar-refractivity contribution in [3.05, 3.63) is 0 Å². The Kier molecular flexibility index (Phi) is 4.94. The zero-order valence-electron chi connectivity index (χ0n) is 7.69. The third-order valence-electron chi connectivity index (χ3n) is 1.11.